The van der Waals surface area contributed by atoms with Gasteiger partial charge in [0.1, 0.15) is 5.69 Å². The highest BCUT2D eigenvalue weighted by Crippen LogP contribution is 2.11. The molecule has 0 saturated heterocycles. The maximum atomic E-state index is 5.64. The number of aromatic nitrogens is 5. The fraction of sp³-hybridized carbons (Fsp3) is 0.267. The van der Waals surface area contributed by atoms with Crippen molar-refractivity contribution >= 4 is 0 Å². The van der Waals surface area contributed by atoms with Gasteiger partial charge in [-0.25, -0.2) is 9.67 Å². The molecule has 0 amide bonds. The number of ether oxygens (including phenoxy) is 1. The molecule has 1 aromatic carbocycles. The van der Waals surface area contributed by atoms with Gasteiger partial charge in [0, 0.05) is 19.4 Å². The highest BCUT2D eigenvalue weighted by Gasteiger charge is 2.07. The molecule has 6 heteroatoms. The van der Waals surface area contributed by atoms with Crippen molar-refractivity contribution in [3.63, 3.8) is 0 Å². The zero-order valence-electron chi connectivity index (χ0n) is 11.9. The Labute approximate surface area is 123 Å². The minimum Gasteiger partial charge on any atom is -0.375 e. The molecular formula is C15H17N5O. The summed E-state index contributed by atoms with van der Waals surface area (Å²) in [6.07, 6.45) is 5.52. The lowest BCUT2D eigenvalue weighted by atomic mass is 10.2. The van der Waals surface area contributed by atoms with Crippen LogP contribution in [0.1, 0.15) is 5.56 Å². The van der Waals surface area contributed by atoms with Gasteiger partial charge in [-0.15, -0.1) is 5.10 Å². The quantitative estimate of drug-likeness (QED) is 0.648. The van der Waals surface area contributed by atoms with E-state index in [0.717, 1.165) is 11.5 Å². The van der Waals surface area contributed by atoms with Crippen LogP contribution in [0.4, 0.5) is 0 Å². The molecule has 0 saturated carbocycles. The third kappa shape index (κ3) is 3.35. The van der Waals surface area contributed by atoms with E-state index >= 15 is 0 Å². The lowest BCUT2D eigenvalue weighted by Gasteiger charge is -2.03. The smallest absolute Gasteiger partial charge is 0.161 e. The van der Waals surface area contributed by atoms with Crippen LogP contribution in [0.15, 0.2) is 48.9 Å². The van der Waals surface area contributed by atoms with Crippen LogP contribution in [-0.4, -0.2) is 31.2 Å². The average Bonchev–Trinajstić information content (AvgIpc) is 3.13. The summed E-state index contributed by atoms with van der Waals surface area (Å²) in [5.41, 5.74) is 1.94. The van der Waals surface area contributed by atoms with E-state index in [9.17, 15) is 0 Å². The van der Waals surface area contributed by atoms with Gasteiger partial charge < -0.3 is 9.30 Å². The minimum absolute atomic E-state index is 0.595. The van der Waals surface area contributed by atoms with Crippen molar-refractivity contribution in [2.24, 2.45) is 7.05 Å². The molecule has 3 aromatic rings. The topological polar surface area (TPSA) is 57.8 Å². The van der Waals surface area contributed by atoms with Crippen molar-refractivity contribution in [1.29, 1.82) is 0 Å². The van der Waals surface area contributed by atoms with Crippen molar-refractivity contribution < 1.29 is 4.74 Å². The van der Waals surface area contributed by atoms with Gasteiger partial charge in [-0.05, 0) is 5.56 Å². The first-order valence-corrected chi connectivity index (χ1v) is 6.82. The molecule has 0 N–H and O–H groups in total. The van der Waals surface area contributed by atoms with Gasteiger partial charge in [-0.2, -0.15) is 0 Å². The summed E-state index contributed by atoms with van der Waals surface area (Å²) in [6, 6.07) is 10.1. The number of hydrogen-bond donors (Lipinski definition) is 0. The molecule has 0 radical (unpaired) electrons. The first-order valence-electron chi connectivity index (χ1n) is 6.82. The molecule has 0 aliphatic heterocycles. The standard InChI is InChI=1S/C15H17N5O/c1-19-8-7-16-15(19)14-11-20(18-17-14)9-10-21-12-13-5-3-2-4-6-13/h2-8,11H,9-10,12H2,1H3. The maximum absolute atomic E-state index is 5.64. The lowest BCUT2D eigenvalue weighted by molar-refractivity contribution is 0.110. The molecule has 0 unspecified atom stereocenters. The van der Waals surface area contributed by atoms with E-state index in [4.69, 9.17) is 4.74 Å². The zero-order chi connectivity index (χ0) is 14.5. The second-order valence-corrected chi connectivity index (χ2v) is 4.77. The first-order chi connectivity index (χ1) is 10.3. The number of hydrogen-bond acceptors (Lipinski definition) is 4. The Morgan fingerprint density at radius 1 is 1.19 bits per heavy atom. The zero-order valence-corrected chi connectivity index (χ0v) is 11.9. The summed E-state index contributed by atoms with van der Waals surface area (Å²) in [7, 11) is 1.93. The fourth-order valence-corrected chi connectivity index (χ4v) is 2.04. The maximum Gasteiger partial charge on any atom is 0.161 e. The Bertz CT molecular complexity index is 689. The Hall–Kier alpha value is -2.47. The highest BCUT2D eigenvalue weighted by atomic mass is 16.5. The summed E-state index contributed by atoms with van der Waals surface area (Å²) in [6.45, 7) is 1.88. The van der Waals surface area contributed by atoms with Crippen LogP contribution in [-0.2, 0) is 24.9 Å². The van der Waals surface area contributed by atoms with Gasteiger partial charge in [-0.1, -0.05) is 35.5 Å². The summed E-state index contributed by atoms with van der Waals surface area (Å²) in [5.74, 6) is 0.812. The third-order valence-corrected chi connectivity index (χ3v) is 3.17. The van der Waals surface area contributed by atoms with Crippen molar-refractivity contribution in [2.75, 3.05) is 6.61 Å². The SMILES string of the molecule is Cn1ccnc1-c1cn(CCOCc2ccccc2)nn1. The molecule has 0 bridgehead atoms. The number of nitrogens with zero attached hydrogens (tertiary/aromatic N) is 5. The number of benzene rings is 1. The third-order valence-electron chi connectivity index (χ3n) is 3.17. The van der Waals surface area contributed by atoms with E-state index in [1.54, 1.807) is 10.9 Å². The Morgan fingerprint density at radius 2 is 2.05 bits per heavy atom. The predicted molar refractivity (Wildman–Crippen MR) is 78.3 cm³/mol. The monoisotopic (exact) mass is 283 g/mol. The minimum atomic E-state index is 0.595. The Morgan fingerprint density at radius 3 is 2.81 bits per heavy atom. The van der Waals surface area contributed by atoms with Crippen molar-refractivity contribution in [1.82, 2.24) is 24.5 Å². The van der Waals surface area contributed by atoms with Crippen molar-refractivity contribution in [2.45, 2.75) is 13.2 Å². The van der Waals surface area contributed by atoms with Gasteiger partial charge in [0.25, 0.3) is 0 Å². The van der Waals surface area contributed by atoms with Gasteiger partial charge in [0.15, 0.2) is 5.82 Å². The predicted octanol–water partition coefficient (Wildman–Crippen LogP) is 1.90. The average molecular weight is 283 g/mol. The van der Waals surface area contributed by atoms with Gasteiger partial charge in [-0.3, -0.25) is 0 Å². The van der Waals surface area contributed by atoms with Gasteiger partial charge in [0.05, 0.1) is 26.0 Å². The molecule has 0 fully saturated rings. The van der Waals surface area contributed by atoms with Crippen molar-refractivity contribution in [3.8, 4) is 11.5 Å². The molecule has 21 heavy (non-hydrogen) atoms. The summed E-state index contributed by atoms with van der Waals surface area (Å²) < 4.78 is 9.33. The Balaban J connectivity index is 1.50. The lowest BCUT2D eigenvalue weighted by Crippen LogP contribution is -2.06. The fourth-order valence-electron chi connectivity index (χ4n) is 2.04. The van der Waals surface area contributed by atoms with E-state index in [0.29, 0.717) is 19.8 Å². The molecule has 108 valence electrons. The van der Waals surface area contributed by atoms with Crippen LogP contribution in [0.25, 0.3) is 11.5 Å². The van der Waals surface area contributed by atoms with Gasteiger partial charge in [0.2, 0.25) is 0 Å². The number of rotatable bonds is 6. The Kier molecular flexibility index (Phi) is 4.07. The van der Waals surface area contributed by atoms with Gasteiger partial charge >= 0.3 is 0 Å². The van der Waals surface area contributed by atoms with E-state index in [2.05, 4.69) is 27.4 Å². The van der Waals surface area contributed by atoms with Crippen LogP contribution >= 0.6 is 0 Å². The molecular weight excluding hydrogens is 266 g/mol. The van der Waals surface area contributed by atoms with Crippen LogP contribution in [0, 0.1) is 0 Å². The molecule has 0 atom stereocenters. The largest absolute Gasteiger partial charge is 0.375 e. The molecule has 0 spiro atoms. The number of imidazole rings is 1. The van der Waals surface area contributed by atoms with Crippen LogP contribution < -0.4 is 0 Å². The van der Waals surface area contributed by atoms with Crippen LogP contribution in [0.3, 0.4) is 0 Å². The summed E-state index contributed by atoms with van der Waals surface area (Å²) in [5, 5.41) is 8.22. The normalized spacial score (nSPS) is 10.9. The van der Waals surface area contributed by atoms with E-state index in [-0.39, 0.29) is 0 Å². The highest BCUT2D eigenvalue weighted by molar-refractivity contribution is 5.46. The molecule has 6 nitrogen and oxygen atoms in total. The first kappa shape index (κ1) is 13.5. The van der Waals surface area contributed by atoms with E-state index in [1.165, 1.54) is 5.56 Å². The molecule has 2 aromatic heterocycles. The van der Waals surface area contributed by atoms with Crippen molar-refractivity contribution in [3.05, 3.63) is 54.5 Å². The van der Waals surface area contributed by atoms with Crippen LogP contribution in [0.2, 0.25) is 0 Å². The van der Waals surface area contributed by atoms with E-state index in [1.807, 2.05) is 42.2 Å². The molecule has 0 aliphatic carbocycles. The number of aryl methyl sites for hydroxylation is 1. The summed E-state index contributed by atoms with van der Waals surface area (Å²) >= 11 is 0. The summed E-state index contributed by atoms with van der Waals surface area (Å²) in [4.78, 5) is 4.25. The molecule has 3 rings (SSSR count). The van der Waals surface area contributed by atoms with E-state index < -0.39 is 0 Å². The molecule has 2 heterocycles. The second-order valence-electron chi connectivity index (χ2n) is 4.77. The van der Waals surface area contributed by atoms with Crippen LogP contribution in [0.5, 0.6) is 0 Å². The molecule has 0 aliphatic rings. The second kappa shape index (κ2) is 6.32.